The molecule has 6 heteroatoms. The van der Waals surface area contributed by atoms with E-state index in [9.17, 15) is 9.59 Å². The van der Waals surface area contributed by atoms with Crippen molar-refractivity contribution in [2.45, 2.75) is 25.9 Å². The van der Waals surface area contributed by atoms with Gasteiger partial charge in [0.15, 0.2) is 0 Å². The zero-order valence-electron chi connectivity index (χ0n) is 11.8. The van der Waals surface area contributed by atoms with Gasteiger partial charge in [-0.15, -0.1) is 0 Å². The molecule has 1 amide bonds. The number of furan rings is 1. The lowest BCUT2D eigenvalue weighted by molar-refractivity contribution is -0.145. The minimum absolute atomic E-state index is 0.0630. The van der Waals surface area contributed by atoms with Crippen LogP contribution in [0.3, 0.4) is 0 Å². The van der Waals surface area contributed by atoms with Crippen LogP contribution in [-0.4, -0.2) is 43.0 Å². The first kappa shape index (κ1) is 14.6. The normalized spacial score (nSPS) is 20.6. The summed E-state index contributed by atoms with van der Waals surface area (Å²) in [5.41, 5.74) is 0. The lowest BCUT2D eigenvalue weighted by Gasteiger charge is -2.23. The quantitative estimate of drug-likeness (QED) is 0.807. The molecule has 1 saturated heterocycles. The molecule has 0 saturated carbocycles. The van der Waals surface area contributed by atoms with Crippen molar-refractivity contribution in [3.05, 3.63) is 24.2 Å². The first-order valence-corrected chi connectivity index (χ1v) is 6.73. The van der Waals surface area contributed by atoms with Crippen molar-refractivity contribution < 1.29 is 18.7 Å². The van der Waals surface area contributed by atoms with E-state index >= 15 is 0 Å². The molecule has 2 unspecified atom stereocenters. The summed E-state index contributed by atoms with van der Waals surface area (Å²) < 4.78 is 9.90. The van der Waals surface area contributed by atoms with Gasteiger partial charge in [0.2, 0.25) is 5.91 Å². The third kappa shape index (κ3) is 3.39. The molecule has 1 fully saturated rings. The molecule has 0 radical (unpaired) electrons. The summed E-state index contributed by atoms with van der Waals surface area (Å²) in [6, 6.07) is 3.33. The zero-order chi connectivity index (χ0) is 14.5. The molecule has 1 aliphatic heterocycles. The number of amides is 1. The van der Waals surface area contributed by atoms with Crippen LogP contribution in [0.25, 0.3) is 0 Å². The van der Waals surface area contributed by atoms with Gasteiger partial charge in [-0.2, -0.15) is 0 Å². The Labute approximate surface area is 118 Å². The first-order valence-electron chi connectivity index (χ1n) is 6.73. The van der Waals surface area contributed by atoms with E-state index in [1.807, 2.05) is 17.9 Å². The molecule has 1 N–H and O–H groups in total. The van der Waals surface area contributed by atoms with Crippen LogP contribution in [0.5, 0.6) is 0 Å². The summed E-state index contributed by atoms with van der Waals surface area (Å²) in [7, 11) is 1.39. The SMILES string of the molecule is COC(=O)C1CCN(C(C)C(=O)NCc2ccco2)C1. The van der Waals surface area contributed by atoms with Gasteiger partial charge < -0.3 is 14.5 Å². The Morgan fingerprint density at radius 3 is 3.05 bits per heavy atom. The first-order chi connectivity index (χ1) is 9.61. The highest BCUT2D eigenvalue weighted by Gasteiger charge is 2.33. The second-order valence-electron chi connectivity index (χ2n) is 4.98. The highest BCUT2D eigenvalue weighted by atomic mass is 16.5. The van der Waals surface area contributed by atoms with Gasteiger partial charge in [-0.1, -0.05) is 0 Å². The lowest BCUT2D eigenvalue weighted by Crippen LogP contribution is -2.44. The van der Waals surface area contributed by atoms with Gasteiger partial charge >= 0.3 is 5.97 Å². The van der Waals surface area contributed by atoms with E-state index in [1.165, 1.54) is 7.11 Å². The molecule has 1 aliphatic rings. The zero-order valence-corrected chi connectivity index (χ0v) is 11.8. The van der Waals surface area contributed by atoms with Gasteiger partial charge in [0, 0.05) is 6.54 Å². The molecule has 1 aromatic heterocycles. The van der Waals surface area contributed by atoms with Crippen LogP contribution in [0, 0.1) is 5.92 Å². The molecule has 2 atom stereocenters. The van der Waals surface area contributed by atoms with Crippen molar-refractivity contribution in [1.82, 2.24) is 10.2 Å². The summed E-state index contributed by atoms with van der Waals surface area (Å²) in [6.07, 6.45) is 2.31. The van der Waals surface area contributed by atoms with Crippen molar-refractivity contribution >= 4 is 11.9 Å². The fourth-order valence-electron chi connectivity index (χ4n) is 2.40. The van der Waals surface area contributed by atoms with Gasteiger partial charge in [-0.25, -0.2) is 0 Å². The second kappa shape index (κ2) is 6.56. The molecule has 1 aromatic rings. The second-order valence-corrected chi connectivity index (χ2v) is 4.98. The Hall–Kier alpha value is -1.82. The molecular weight excluding hydrogens is 260 g/mol. The highest BCUT2D eigenvalue weighted by Crippen LogP contribution is 2.19. The molecule has 2 heterocycles. The maximum absolute atomic E-state index is 12.1. The van der Waals surface area contributed by atoms with E-state index in [2.05, 4.69) is 5.32 Å². The van der Waals surface area contributed by atoms with Crippen LogP contribution in [0.2, 0.25) is 0 Å². The van der Waals surface area contributed by atoms with E-state index in [0.717, 1.165) is 18.7 Å². The third-order valence-electron chi connectivity index (χ3n) is 3.70. The molecule has 20 heavy (non-hydrogen) atoms. The third-order valence-corrected chi connectivity index (χ3v) is 3.70. The van der Waals surface area contributed by atoms with Crippen LogP contribution in [-0.2, 0) is 20.9 Å². The number of hydrogen-bond acceptors (Lipinski definition) is 5. The Morgan fingerprint density at radius 1 is 1.60 bits per heavy atom. The number of nitrogens with one attached hydrogen (secondary N) is 1. The summed E-state index contributed by atoms with van der Waals surface area (Å²) in [5.74, 6) is 0.336. The predicted octanol–water partition coefficient (Wildman–Crippen LogP) is 0.779. The number of likely N-dealkylation sites (tertiary alicyclic amines) is 1. The van der Waals surface area contributed by atoms with Gasteiger partial charge in [0.1, 0.15) is 5.76 Å². The molecule has 2 rings (SSSR count). The van der Waals surface area contributed by atoms with Gasteiger partial charge in [-0.3, -0.25) is 14.5 Å². The predicted molar refractivity (Wildman–Crippen MR) is 71.7 cm³/mol. The maximum Gasteiger partial charge on any atom is 0.310 e. The van der Waals surface area contributed by atoms with Gasteiger partial charge in [0.05, 0.1) is 31.9 Å². The van der Waals surface area contributed by atoms with E-state index in [1.54, 1.807) is 12.3 Å². The van der Waals surface area contributed by atoms with Crippen molar-refractivity contribution in [3.8, 4) is 0 Å². The fraction of sp³-hybridized carbons (Fsp3) is 0.571. The summed E-state index contributed by atoms with van der Waals surface area (Å²) in [4.78, 5) is 25.5. The van der Waals surface area contributed by atoms with Crippen LogP contribution in [0.4, 0.5) is 0 Å². The summed E-state index contributed by atoms with van der Waals surface area (Å²) >= 11 is 0. The van der Waals surface area contributed by atoms with Gasteiger partial charge in [-0.05, 0) is 32.0 Å². The molecule has 0 aromatic carbocycles. The van der Waals surface area contributed by atoms with E-state index in [0.29, 0.717) is 13.1 Å². The summed E-state index contributed by atoms with van der Waals surface area (Å²) in [5, 5.41) is 2.83. The minimum atomic E-state index is -0.264. The minimum Gasteiger partial charge on any atom is -0.469 e. The number of carbonyl (C=O) groups excluding carboxylic acids is 2. The lowest BCUT2D eigenvalue weighted by atomic mass is 10.1. The maximum atomic E-state index is 12.1. The molecule has 6 nitrogen and oxygen atoms in total. The van der Waals surface area contributed by atoms with Crippen LogP contribution in [0.15, 0.2) is 22.8 Å². The number of esters is 1. The number of ether oxygens (including phenoxy) is 1. The highest BCUT2D eigenvalue weighted by molar-refractivity contribution is 5.81. The van der Waals surface area contributed by atoms with E-state index < -0.39 is 0 Å². The number of carbonyl (C=O) groups is 2. The van der Waals surface area contributed by atoms with Crippen molar-refractivity contribution in [3.63, 3.8) is 0 Å². The molecule has 0 bridgehead atoms. The van der Waals surface area contributed by atoms with Crippen molar-refractivity contribution in [2.24, 2.45) is 5.92 Å². The monoisotopic (exact) mass is 280 g/mol. The van der Waals surface area contributed by atoms with Crippen LogP contribution in [0.1, 0.15) is 19.1 Å². The van der Waals surface area contributed by atoms with Crippen molar-refractivity contribution in [2.75, 3.05) is 20.2 Å². The molecular formula is C14H20N2O4. The number of nitrogens with zero attached hydrogens (tertiary/aromatic N) is 1. The Kier molecular flexibility index (Phi) is 4.79. The summed E-state index contributed by atoms with van der Waals surface area (Å²) in [6.45, 7) is 3.53. The number of rotatable bonds is 5. The average Bonchev–Trinajstić information content (AvgIpc) is 3.13. The molecule has 0 aliphatic carbocycles. The molecule has 0 spiro atoms. The Morgan fingerprint density at radius 2 is 2.40 bits per heavy atom. The largest absolute Gasteiger partial charge is 0.469 e. The molecule has 110 valence electrons. The number of methoxy groups -OCH3 is 1. The van der Waals surface area contributed by atoms with E-state index in [-0.39, 0.29) is 23.8 Å². The standard InChI is InChI=1S/C14H20N2O4/c1-10(13(17)15-8-12-4-3-7-20-12)16-6-5-11(9-16)14(18)19-2/h3-4,7,10-11H,5-6,8-9H2,1-2H3,(H,15,17). The number of hydrogen-bond donors (Lipinski definition) is 1. The van der Waals surface area contributed by atoms with Crippen molar-refractivity contribution in [1.29, 1.82) is 0 Å². The average molecular weight is 280 g/mol. The van der Waals surface area contributed by atoms with Gasteiger partial charge in [0.25, 0.3) is 0 Å². The van der Waals surface area contributed by atoms with Crippen LogP contribution >= 0.6 is 0 Å². The van der Waals surface area contributed by atoms with Crippen LogP contribution < -0.4 is 5.32 Å². The Bertz CT molecular complexity index is 458. The smallest absolute Gasteiger partial charge is 0.310 e. The Balaban J connectivity index is 1.80. The fourth-order valence-corrected chi connectivity index (χ4v) is 2.40. The van der Waals surface area contributed by atoms with E-state index in [4.69, 9.17) is 9.15 Å². The topological polar surface area (TPSA) is 71.8 Å².